The summed E-state index contributed by atoms with van der Waals surface area (Å²) in [6.45, 7) is 0.117. The van der Waals surface area contributed by atoms with Crippen molar-refractivity contribution in [3.05, 3.63) is 34.1 Å². The van der Waals surface area contributed by atoms with E-state index >= 15 is 0 Å². The number of hydrogen-bond acceptors (Lipinski definition) is 3. The Morgan fingerprint density at radius 1 is 1.35 bits per heavy atom. The van der Waals surface area contributed by atoms with Crippen molar-refractivity contribution in [1.82, 2.24) is 4.90 Å². The molecule has 0 aliphatic carbocycles. The summed E-state index contributed by atoms with van der Waals surface area (Å²) in [7, 11) is 0. The lowest BCUT2D eigenvalue weighted by Crippen LogP contribution is -2.30. The smallest absolute Gasteiger partial charge is 0.255 e. The molecule has 2 unspecified atom stereocenters. The maximum atomic E-state index is 13.1. The van der Waals surface area contributed by atoms with E-state index in [1.54, 1.807) is 0 Å². The molecular formula is C11H11BrFNO3. The molecule has 1 amide bonds. The molecule has 2 rings (SSSR count). The average Bonchev–Trinajstić information content (AvgIpc) is 2.62. The van der Waals surface area contributed by atoms with E-state index < -0.39 is 23.9 Å². The van der Waals surface area contributed by atoms with Gasteiger partial charge in [-0.3, -0.25) is 4.79 Å². The highest BCUT2D eigenvalue weighted by molar-refractivity contribution is 9.10. The number of aliphatic hydroxyl groups excluding tert-OH is 2. The van der Waals surface area contributed by atoms with E-state index in [-0.39, 0.29) is 18.7 Å². The molecule has 92 valence electrons. The van der Waals surface area contributed by atoms with Crippen molar-refractivity contribution in [3.8, 4) is 0 Å². The fourth-order valence-electron chi connectivity index (χ4n) is 1.77. The van der Waals surface area contributed by atoms with E-state index in [1.165, 1.54) is 17.0 Å². The zero-order chi connectivity index (χ0) is 12.6. The lowest BCUT2D eigenvalue weighted by molar-refractivity contribution is 0.0572. The predicted molar refractivity (Wildman–Crippen MR) is 62.0 cm³/mol. The molecule has 1 fully saturated rings. The number of β-amino-alcohol motifs (C(OH)–C–C–N with tert-alkyl or cyclic N) is 2. The lowest BCUT2D eigenvalue weighted by Gasteiger charge is -2.16. The van der Waals surface area contributed by atoms with Gasteiger partial charge < -0.3 is 15.1 Å². The normalized spacial score (nSPS) is 24.1. The molecule has 1 aromatic carbocycles. The van der Waals surface area contributed by atoms with E-state index in [4.69, 9.17) is 0 Å². The number of rotatable bonds is 1. The summed E-state index contributed by atoms with van der Waals surface area (Å²) < 4.78 is 13.5. The summed E-state index contributed by atoms with van der Waals surface area (Å²) in [4.78, 5) is 13.3. The van der Waals surface area contributed by atoms with E-state index in [0.717, 1.165) is 6.07 Å². The number of benzene rings is 1. The average molecular weight is 304 g/mol. The summed E-state index contributed by atoms with van der Waals surface area (Å²) in [6.07, 6.45) is -1.88. The van der Waals surface area contributed by atoms with Crippen LogP contribution < -0.4 is 0 Å². The summed E-state index contributed by atoms with van der Waals surface area (Å²) in [6, 6.07) is 3.82. The molecule has 0 saturated carbocycles. The van der Waals surface area contributed by atoms with Gasteiger partial charge in [0.1, 0.15) is 5.82 Å². The van der Waals surface area contributed by atoms with E-state index in [0.29, 0.717) is 4.47 Å². The molecule has 2 atom stereocenters. The van der Waals surface area contributed by atoms with Gasteiger partial charge in [0.2, 0.25) is 0 Å². The Hall–Kier alpha value is -0.980. The summed E-state index contributed by atoms with van der Waals surface area (Å²) in [5.74, 6) is -0.913. The number of aliphatic hydroxyl groups is 2. The lowest BCUT2D eigenvalue weighted by atomic mass is 10.2. The topological polar surface area (TPSA) is 60.8 Å². The van der Waals surface area contributed by atoms with Gasteiger partial charge >= 0.3 is 0 Å². The van der Waals surface area contributed by atoms with Crippen LogP contribution in [0.15, 0.2) is 22.7 Å². The molecule has 0 spiro atoms. The highest BCUT2D eigenvalue weighted by Gasteiger charge is 2.33. The van der Waals surface area contributed by atoms with Crippen molar-refractivity contribution in [2.45, 2.75) is 12.2 Å². The monoisotopic (exact) mass is 303 g/mol. The number of amides is 1. The first-order chi connectivity index (χ1) is 7.99. The Labute approximate surface area is 106 Å². The van der Waals surface area contributed by atoms with Gasteiger partial charge in [-0.05, 0) is 34.1 Å². The Morgan fingerprint density at radius 2 is 1.94 bits per heavy atom. The first-order valence-electron chi connectivity index (χ1n) is 5.09. The third-order valence-corrected chi connectivity index (χ3v) is 3.40. The zero-order valence-corrected chi connectivity index (χ0v) is 10.4. The second kappa shape index (κ2) is 4.72. The van der Waals surface area contributed by atoms with Gasteiger partial charge in [-0.2, -0.15) is 0 Å². The van der Waals surface area contributed by atoms with Crippen LogP contribution in [0.1, 0.15) is 10.4 Å². The van der Waals surface area contributed by atoms with Crippen molar-refractivity contribution < 1.29 is 19.4 Å². The van der Waals surface area contributed by atoms with Crippen molar-refractivity contribution in [3.63, 3.8) is 0 Å². The van der Waals surface area contributed by atoms with Crippen LogP contribution in [0.25, 0.3) is 0 Å². The third kappa shape index (κ3) is 2.48. The van der Waals surface area contributed by atoms with Crippen molar-refractivity contribution >= 4 is 21.8 Å². The minimum absolute atomic E-state index is 0.0585. The molecule has 1 saturated heterocycles. The van der Waals surface area contributed by atoms with Crippen LogP contribution >= 0.6 is 15.9 Å². The number of halogens is 2. The number of carbonyl (C=O) groups excluding carboxylic acids is 1. The molecule has 4 nitrogen and oxygen atoms in total. The van der Waals surface area contributed by atoms with Gasteiger partial charge in [0.15, 0.2) is 0 Å². The van der Waals surface area contributed by atoms with Crippen molar-refractivity contribution in [1.29, 1.82) is 0 Å². The Kier molecular flexibility index (Phi) is 3.46. The number of hydrogen-bond donors (Lipinski definition) is 2. The van der Waals surface area contributed by atoms with Crippen molar-refractivity contribution in [2.75, 3.05) is 13.1 Å². The second-order valence-corrected chi connectivity index (χ2v) is 4.82. The Morgan fingerprint density at radius 3 is 2.53 bits per heavy atom. The Balaban J connectivity index is 2.23. The minimum Gasteiger partial charge on any atom is -0.388 e. The van der Waals surface area contributed by atoms with Crippen LogP contribution in [0, 0.1) is 5.82 Å². The fraction of sp³-hybridized carbons (Fsp3) is 0.364. The molecule has 6 heteroatoms. The number of carbonyl (C=O) groups is 1. The van der Waals surface area contributed by atoms with Gasteiger partial charge in [0.05, 0.1) is 17.8 Å². The van der Waals surface area contributed by atoms with Crippen LogP contribution in [0.3, 0.4) is 0 Å². The zero-order valence-electron chi connectivity index (χ0n) is 8.81. The molecule has 1 aromatic rings. The van der Waals surface area contributed by atoms with Gasteiger partial charge in [-0.25, -0.2) is 4.39 Å². The predicted octanol–water partition coefficient (Wildman–Crippen LogP) is 0.766. The quantitative estimate of drug-likeness (QED) is 0.805. The fourth-order valence-corrected chi connectivity index (χ4v) is 2.18. The highest BCUT2D eigenvalue weighted by atomic mass is 79.9. The largest absolute Gasteiger partial charge is 0.388 e. The van der Waals surface area contributed by atoms with E-state index in [1.807, 2.05) is 0 Å². The first kappa shape index (κ1) is 12.5. The van der Waals surface area contributed by atoms with Crippen LogP contribution in [0.4, 0.5) is 4.39 Å². The van der Waals surface area contributed by atoms with E-state index in [2.05, 4.69) is 15.9 Å². The molecule has 1 heterocycles. The summed E-state index contributed by atoms with van der Waals surface area (Å²) in [5, 5.41) is 18.7. The van der Waals surface area contributed by atoms with Crippen LogP contribution in [-0.4, -0.2) is 46.3 Å². The Bertz CT molecular complexity index is 444. The molecule has 0 radical (unpaired) electrons. The summed E-state index contributed by atoms with van der Waals surface area (Å²) in [5.41, 5.74) is 0.186. The van der Waals surface area contributed by atoms with E-state index in [9.17, 15) is 19.4 Å². The van der Waals surface area contributed by atoms with Crippen molar-refractivity contribution in [2.24, 2.45) is 0 Å². The molecule has 0 aromatic heterocycles. The maximum absolute atomic E-state index is 13.1. The molecular weight excluding hydrogens is 293 g/mol. The van der Waals surface area contributed by atoms with Gasteiger partial charge in [-0.1, -0.05) is 0 Å². The van der Waals surface area contributed by atoms with Crippen LogP contribution in [-0.2, 0) is 0 Å². The summed E-state index contributed by atoms with van der Waals surface area (Å²) >= 11 is 3.17. The first-order valence-corrected chi connectivity index (χ1v) is 5.89. The molecule has 1 aliphatic heterocycles. The van der Waals surface area contributed by atoms with Gasteiger partial charge in [-0.15, -0.1) is 0 Å². The standard InChI is InChI=1S/C11H11BrFNO3/c12-8-2-1-6(13)3-7(8)11(17)14-4-9(15)10(16)5-14/h1-3,9-10,15-16H,4-5H2. The van der Waals surface area contributed by atoms with Gasteiger partial charge in [0.25, 0.3) is 5.91 Å². The highest BCUT2D eigenvalue weighted by Crippen LogP contribution is 2.22. The SMILES string of the molecule is O=C(c1cc(F)ccc1Br)N1CC(O)C(O)C1. The number of likely N-dealkylation sites (tertiary alicyclic amines) is 1. The molecule has 1 aliphatic rings. The molecule has 0 bridgehead atoms. The molecule has 2 N–H and O–H groups in total. The van der Waals surface area contributed by atoms with Crippen LogP contribution in [0.5, 0.6) is 0 Å². The minimum atomic E-state index is -0.939. The van der Waals surface area contributed by atoms with Crippen LogP contribution in [0.2, 0.25) is 0 Å². The molecule has 17 heavy (non-hydrogen) atoms. The maximum Gasteiger partial charge on any atom is 0.255 e. The number of nitrogens with zero attached hydrogens (tertiary/aromatic N) is 1. The third-order valence-electron chi connectivity index (χ3n) is 2.71. The second-order valence-electron chi connectivity index (χ2n) is 3.97. The van der Waals surface area contributed by atoms with Gasteiger partial charge in [0, 0.05) is 17.6 Å².